The molecule has 0 radical (unpaired) electrons. The number of halogens is 2. The first kappa shape index (κ1) is 16.7. The number of tetrazole rings is 1. The maximum Gasteiger partial charge on any atom is 0.204 e. The van der Waals surface area contributed by atoms with E-state index in [9.17, 15) is 0 Å². The molecule has 8 heteroatoms. The highest BCUT2D eigenvalue weighted by Crippen LogP contribution is 2.39. The van der Waals surface area contributed by atoms with E-state index in [1.807, 2.05) is 43.3 Å². The van der Waals surface area contributed by atoms with E-state index in [0.717, 1.165) is 15.6 Å². The summed E-state index contributed by atoms with van der Waals surface area (Å²) in [5, 5.41) is 14.6. The topological polar surface area (TPSA) is 72.9 Å². The minimum absolute atomic E-state index is 0.333. The van der Waals surface area contributed by atoms with E-state index in [4.69, 9.17) is 21.1 Å². The number of hydrogen-bond acceptors (Lipinski definition) is 5. The quantitative estimate of drug-likeness (QED) is 0.658. The van der Waals surface area contributed by atoms with Gasteiger partial charge in [-0.05, 0) is 46.3 Å². The number of H-pyrrole nitrogens is 1. The van der Waals surface area contributed by atoms with Gasteiger partial charge in [-0.2, -0.15) is 5.21 Å². The van der Waals surface area contributed by atoms with Gasteiger partial charge in [0, 0.05) is 16.1 Å². The van der Waals surface area contributed by atoms with Crippen molar-refractivity contribution >= 4 is 27.5 Å². The number of aromatic nitrogens is 4. The minimum atomic E-state index is 0.333. The first-order valence-corrected chi connectivity index (χ1v) is 8.42. The molecule has 0 spiro atoms. The average molecular weight is 410 g/mol. The number of nitrogens with zero attached hydrogens (tertiary/aromatic N) is 3. The van der Waals surface area contributed by atoms with Crippen molar-refractivity contribution in [2.45, 2.75) is 13.5 Å². The lowest BCUT2D eigenvalue weighted by Gasteiger charge is -2.15. The fourth-order valence-electron chi connectivity index (χ4n) is 2.15. The second-order valence-corrected chi connectivity index (χ2v) is 6.10. The molecule has 0 aliphatic heterocycles. The standard InChI is InChI=1S/C16H14BrClN4O2/c1-2-23-14-8-11(16-19-21-22-20-16)7-12(17)15(14)24-9-10-5-3-4-6-13(10)18/h3-8H,2,9H2,1H3,(H,19,20,21,22). The Kier molecular flexibility index (Phi) is 5.32. The SMILES string of the molecule is CCOc1cc(-c2nn[nH]n2)cc(Br)c1OCc1ccccc1Cl. The molecular weight excluding hydrogens is 396 g/mol. The molecule has 0 amide bonds. The fourth-order valence-corrected chi connectivity index (χ4v) is 2.90. The predicted octanol–water partition coefficient (Wildman–Crippen LogP) is 4.26. The number of hydrogen-bond donors (Lipinski definition) is 1. The van der Waals surface area contributed by atoms with Crippen molar-refractivity contribution in [1.29, 1.82) is 0 Å². The van der Waals surface area contributed by atoms with Gasteiger partial charge in [0.1, 0.15) is 6.61 Å². The van der Waals surface area contributed by atoms with Crippen LogP contribution in [-0.4, -0.2) is 27.2 Å². The van der Waals surface area contributed by atoms with Crippen LogP contribution in [0.15, 0.2) is 40.9 Å². The van der Waals surface area contributed by atoms with E-state index in [1.165, 1.54) is 0 Å². The Morgan fingerprint density at radius 3 is 2.75 bits per heavy atom. The lowest BCUT2D eigenvalue weighted by atomic mass is 10.2. The summed E-state index contributed by atoms with van der Waals surface area (Å²) in [5.74, 6) is 1.68. The first-order valence-electron chi connectivity index (χ1n) is 7.25. The van der Waals surface area contributed by atoms with Crippen molar-refractivity contribution in [3.63, 3.8) is 0 Å². The van der Waals surface area contributed by atoms with Crippen LogP contribution in [0, 0.1) is 0 Å². The third-order valence-corrected chi connectivity index (χ3v) is 4.20. The van der Waals surface area contributed by atoms with Gasteiger partial charge in [-0.1, -0.05) is 29.8 Å². The summed E-state index contributed by atoms with van der Waals surface area (Å²) in [6, 6.07) is 11.2. The van der Waals surface area contributed by atoms with Crippen LogP contribution in [0.5, 0.6) is 11.5 Å². The number of benzene rings is 2. The molecule has 3 rings (SSSR count). The molecule has 0 aliphatic rings. The van der Waals surface area contributed by atoms with Gasteiger partial charge >= 0.3 is 0 Å². The van der Waals surface area contributed by atoms with Gasteiger partial charge in [-0.15, -0.1) is 10.2 Å². The maximum atomic E-state index is 6.17. The predicted molar refractivity (Wildman–Crippen MR) is 94.3 cm³/mol. The molecule has 3 aromatic rings. The Morgan fingerprint density at radius 1 is 1.21 bits per heavy atom. The number of ether oxygens (including phenoxy) is 2. The molecule has 0 unspecified atom stereocenters. The highest BCUT2D eigenvalue weighted by atomic mass is 79.9. The van der Waals surface area contributed by atoms with E-state index >= 15 is 0 Å². The second-order valence-electron chi connectivity index (χ2n) is 4.83. The van der Waals surface area contributed by atoms with Gasteiger partial charge in [0.2, 0.25) is 5.82 Å². The summed E-state index contributed by atoms with van der Waals surface area (Å²) in [6.07, 6.45) is 0. The van der Waals surface area contributed by atoms with Crippen molar-refractivity contribution in [1.82, 2.24) is 20.6 Å². The molecule has 124 valence electrons. The molecule has 0 saturated carbocycles. The minimum Gasteiger partial charge on any atom is -0.490 e. The Morgan fingerprint density at radius 2 is 2.04 bits per heavy atom. The molecule has 0 fully saturated rings. The van der Waals surface area contributed by atoms with Crippen molar-refractivity contribution in [3.8, 4) is 22.9 Å². The molecule has 2 aromatic carbocycles. The van der Waals surface area contributed by atoms with Gasteiger partial charge in [-0.3, -0.25) is 0 Å². The van der Waals surface area contributed by atoms with E-state index in [2.05, 4.69) is 36.6 Å². The Hall–Kier alpha value is -2.12. The number of aromatic amines is 1. The third-order valence-electron chi connectivity index (χ3n) is 3.24. The lowest BCUT2D eigenvalue weighted by molar-refractivity contribution is 0.268. The summed E-state index contributed by atoms with van der Waals surface area (Å²) < 4.78 is 12.4. The Labute approximate surface area is 152 Å². The van der Waals surface area contributed by atoms with Gasteiger partial charge in [-0.25, -0.2) is 0 Å². The molecule has 6 nitrogen and oxygen atoms in total. The molecule has 0 bridgehead atoms. The van der Waals surface area contributed by atoms with Crippen LogP contribution >= 0.6 is 27.5 Å². The van der Waals surface area contributed by atoms with E-state index in [0.29, 0.717) is 35.6 Å². The number of nitrogens with one attached hydrogen (secondary N) is 1. The largest absolute Gasteiger partial charge is 0.490 e. The van der Waals surface area contributed by atoms with E-state index in [1.54, 1.807) is 0 Å². The highest BCUT2D eigenvalue weighted by Gasteiger charge is 2.15. The smallest absolute Gasteiger partial charge is 0.204 e. The van der Waals surface area contributed by atoms with Crippen molar-refractivity contribution in [3.05, 3.63) is 51.5 Å². The highest BCUT2D eigenvalue weighted by molar-refractivity contribution is 9.10. The lowest BCUT2D eigenvalue weighted by Crippen LogP contribution is -2.01. The summed E-state index contributed by atoms with van der Waals surface area (Å²) in [5.41, 5.74) is 1.67. The van der Waals surface area contributed by atoms with Crippen molar-refractivity contribution in [2.75, 3.05) is 6.61 Å². The zero-order valence-corrected chi connectivity index (χ0v) is 15.1. The van der Waals surface area contributed by atoms with E-state index < -0.39 is 0 Å². The molecular formula is C16H14BrClN4O2. The Balaban J connectivity index is 1.90. The van der Waals surface area contributed by atoms with Crippen LogP contribution in [0.4, 0.5) is 0 Å². The van der Waals surface area contributed by atoms with Crippen molar-refractivity contribution < 1.29 is 9.47 Å². The summed E-state index contributed by atoms with van der Waals surface area (Å²) in [7, 11) is 0. The molecule has 1 N–H and O–H groups in total. The molecule has 0 atom stereocenters. The van der Waals surface area contributed by atoms with Gasteiger partial charge in [0.15, 0.2) is 11.5 Å². The van der Waals surface area contributed by atoms with Crippen molar-refractivity contribution in [2.24, 2.45) is 0 Å². The zero-order valence-electron chi connectivity index (χ0n) is 12.8. The molecule has 0 saturated heterocycles. The monoisotopic (exact) mass is 408 g/mol. The number of rotatable bonds is 6. The molecule has 24 heavy (non-hydrogen) atoms. The average Bonchev–Trinajstić information content (AvgIpc) is 3.10. The maximum absolute atomic E-state index is 6.17. The summed E-state index contributed by atoms with van der Waals surface area (Å²) in [6.45, 7) is 2.75. The molecule has 0 aliphatic carbocycles. The molecule has 1 aromatic heterocycles. The van der Waals surface area contributed by atoms with Gasteiger partial charge in [0.25, 0.3) is 0 Å². The first-order chi connectivity index (χ1) is 11.7. The van der Waals surface area contributed by atoms with Crippen LogP contribution in [0.3, 0.4) is 0 Å². The third kappa shape index (κ3) is 3.68. The fraction of sp³-hybridized carbons (Fsp3) is 0.188. The normalized spacial score (nSPS) is 10.6. The van der Waals surface area contributed by atoms with E-state index in [-0.39, 0.29) is 0 Å². The van der Waals surface area contributed by atoms with Crippen LogP contribution in [-0.2, 0) is 6.61 Å². The summed E-state index contributed by atoms with van der Waals surface area (Å²) >= 11 is 9.70. The summed E-state index contributed by atoms with van der Waals surface area (Å²) in [4.78, 5) is 0. The zero-order chi connectivity index (χ0) is 16.9. The van der Waals surface area contributed by atoms with Gasteiger partial charge < -0.3 is 9.47 Å². The molecule has 1 heterocycles. The Bertz CT molecular complexity index is 827. The van der Waals surface area contributed by atoms with Crippen LogP contribution in [0.25, 0.3) is 11.4 Å². The van der Waals surface area contributed by atoms with Crippen LogP contribution < -0.4 is 9.47 Å². The van der Waals surface area contributed by atoms with Crippen LogP contribution in [0.2, 0.25) is 5.02 Å². The van der Waals surface area contributed by atoms with Gasteiger partial charge in [0.05, 0.1) is 11.1 Å². The van der Waals surface area contributed by atoms with Crippen LogP contribution in [0.1, 0.15) is 12.5 Å². The second kappa shape index (κ2) is 7.63.